The van der Waals surface area contributed by atoms with Crippen LogP contribution in [-0.4, -0.2) is 18.4 Å². The third-order valence-electron chi connectivity index (χ3n) is 6.08. The second-order valence-corrected chi connectivity index (χ2v) is 6.82. The normalized spacial score (nSPS) is 44.8. The van der Waals surface area contributed by atoms with E-state index in [-0.39, 0.29) is 0 Å². The Balaban J connectivity index is 1.79. The van der Waals surface area contributed by atoms with Crippen LogP contribution in [-0.2, 0) is 0 Å². The topological polar surface area (TPSA) is 26.0 Å². The first kappa shape index (κ1) is 10.6. The molecule has 2 heteroatoms. The predicted molar refractivity (Wildman–Crippen MR) is 66.2 cm³/mol. The molecule has 2 aliphatic carbocycles. The molecule has 3 rings (SSSR count). The summed E-state index contributed by atoms with van der Waals surface area (Å²) in [5.74, 6) is 2.35. The third-order valence-corrected chi connectivity index (χ3v) is 6.08. The monoisotopic (exact) mass is 221 g/mol. The van der Waals surface area contributed by atoms with Crippen LogP contribution in [0.5, 0.6) is 0 Å². The lowest BCUT2D eigenvalue weighted by Crippen LogP contribution is -2.73. The lowest BCUT2D eigenvalue weighted by atomic mass is 9.69. The standard InChI is InChI=1S/C14H24N2/c1-13(2)10-6-7-14(13,3)11(9-10)16-12-5-4-8-15-12/h10-11H,4-9H2,1-3H3,(H,15,16)/p+1/t10-,11+,14+/m0/s1. The molecular formula is C14H25N2+. The van der Waals surface area contributed by atoms with Crippen LogP contribution in [0.3, 0.4) is 0 Å². The molecule has 0 saturated heterocycles. The Morgan fingerprint density at radius 1 is 1.31 bits per heavy atom. The van der Waals surface area contributed by atoms with Gasteiger partial charge in [-0.25, -0.2) is 0 Å². The minimum absolute atomic E-state index is 0.509. The molecule has 0 spiro atoms. The Bertz CT molecular complexity index is 332. The molecule has 3 atom stereocenters. The van der Waals surface area contributed by atoms with Crippen molar-refractivity contribution in [2.45, 2.75) is 58.9 Å². The van der Waals surface area contributed by atoms with Gasteiger partial charge in [-0.3, -0.25) is 10.3 Å². The van der Waals surface area contributed by atoms with Crippen LogP contribution in [0.4, 0.5) is 0 Å². The van der Waals surface area contributed by atoms with Crippen molar-refractivity contribution in [3.8, 4) is 0 Å². The molecule has 2 bridgehead atoms. The highest BCUT2D eigenvalue weighted by Crippen LogP contribution is 2.65. The number of rotatable bonds is 1. The summed E-state index contributed by atoms with van der Waals surface area (Å²) in [6.45, 7) is 8.64. The van der Waals surface area contributed by atoms with Crippen LogP contribution in [0.2, 0.25) is 0 Å². The molecule has 0 amide bonds. The van der Waals surface area contributed by atoms with Crippen molar-refractivity contribution in [2.75, 3.05) is 6.54 Å². The van der Waals surface area contributed by atoms with E-state index in [1.54, 1.807) is 0 Å². The SMILES string of the molecule is CC1(C)[C@H]2CC[C@]1(C)[C@H](NC1=[NH+]CCC1)C2. The van der Waals surface area contributed by atoms with Gasteiger partial charge >= 0.3 is 0 Å². The molecule has 1 aliphatic heterocycles. The van der Waals surface area contributed by atoms with Crippen molar-refractivity contribution in [2.24, 2.45) is 16.7 Å². The van der Waals surface area contributed by atoms with Crippen molar-refractivity contribution < 1.29 is 4.99 Å². The van der Waals surface area contributed by atoms with Gasteiger partial charge in [0.1, 0.15) is 0 Å². The molecule has 90 valence electrons. The summed E-state index contributed by atoms with van der Waals surface area (Å²) in [5, 5.41) is 3.81. The van der Waals surface area contributed by atoms with Crippen LogP contribution in [0.15, 0.2) is 0 Å². The van der Waals surface area contributed by atoms with Crippen molar-refractivity contribution in [3.05, 3.63) is 0 Å². The first-order valence-electron chi connectivity index (χ1n) is 6.90. The molecule has 1 heterocycles. The van der Waals surface area contributed by atoms with E-state index >= 15 is 0 Å². The van der Waals surface area contributed by atoms with Gasteiger partial charge < -0.3 is 0 Å². The summed E-state index contributed by atoms with van der Waals surface area (Å²) >= 11 is 0. The highest BCUT2D eigenvalue weighted by Gasteiger charge is 2.63. The predicted octanol–water partition coefficient (Wildman–Crippen LogP) is 1.06. The van der Waals surface area contributed by atoms with E-state index in [0.29, 0.717) is 16.9 Å². The molecule has 0 unspecified atom stereocenters. The molecule has 3 aliphatic rings. The van der Waals surface area contributed by atoms with E-state index in [1.807, 2.05) is 0 Å². The van der Waals surface area contributed by atoms with Crippen LogP contribution in [0, 0.1) is 16.7 Å². The van der Waals surface area contributed by atoms with Gasteiger partial charge in [0.25, 0.3) is 0 Å². The second-order valence-electron chi connectivity index (χ2n) is 6.82. The van der Waals surface area contributed by atoms with Gasteiger partial charge in [0.2, 0.25) is 5.84 Å². The number of fused-ring (bicyclic) bond motifs is 2. The van der Waals surface area contributed by atoms with E-state index in [0.717, 1.165) is 5.92 Å². The quantitative estimate of drug-likeness (QED) is 0.680. The zero-order chi connectivity index (χ0) is 11.4. The molecule has 0 aromatic heterocycles. The summed E-state index contributed by atoms with van der Waals surface area (Å²) < 4.78 is 0. The maximum Gasteiger partial charge on any atom is 0.242 e. The van der Waals surface area contributed by atoms with Crippen LogP contribution < -0.4 is 10.3 Å². The Morgan fingerprint density at radius 2 is 2.12 bits per heavy atom. The number of hydrogen-bond donors (Lipinski definition) is 2. The largest absolute Gasteiger partial charge is 0.279 e. The summed E-state index contributed by atoms with van der Waals surface area (Å²) in [6.07, 6.45) is 6.78. The average Bonchev–Trinajstić information content (AvgIpc) is 2.84. The van der Waals surface area contributed by atoms with Gasteiger partial charge in [-0.05, 0) is 37.0 Å². The van der Waals surface area contributed by atoms with Crippen molar-refractivity contribution in [1.29, 1.82) is 0 Å². The fourth-order valence-electron chi connectivity index (χ4n) is 4.35. The van der Waals surface area contributed by atoms with E-state index in [9.17, 15) is 0 Å². The van der Waals surface area contributed by atoms with Gasteiger partial charge in [0.15, 0.2) is 0 Å². The molecule has 16 heavy (non-hydrogen) atoms. The molecule has 2 fully saturated rings. The average molecular weight is 221 g/mol. The number of nitrogens with one attached hydrogen (secondary N) is 2. The molecule has 0 aromatic carbocycles. The molecule has 2 saturated carbocycles. The van der Waals surface area contributed by atoms with Gasteiger partial charge in [0.05, 0.1) is 19.0 Å². The molecule has 2 N–H and O–H groups in total. The molecule has 0 radical (unpaired) electrons. The molecule has 2 nitrogen and oxygen atoms in total. The third kappa shape index (κ3) is 1.22. The first-order valence-corrected chi connectivity index (χ1v) is 6.90. The first-order chi connectivity index (χ1) is 7.54. The second kappa shape index (κ2) is 3.24. The van der Waals surface area contributed by atoms with Gasteiger partial charge in [-0.2, -0.15) is 0 Å². The van der Waals surface area contributed by atoms with Crippen LogP contribution in [0.25, 0.3) is 0 Å². The zero-order valence-electron chi connectivity index (χ0n) is 10.9. The van der Waals surface area contributed by atoms with Gasteiger partial charge in [0, 0.05) is 5.41 Å². The molecular weight excluding hydrogens is 196 g/mol. The van der Waals surface area contributed by atoms with E-state index in [4.69, 9.17) is 0 Å². The van der Waals surface area contributed by atoms with E-state index in [2.05, 4.69) is 31.1 Å². The smallest absolute Gasteiger partial charge is 0.242 e. The summed E-state index contributed by atoms with van der Waals surface area (Å²) in [4.78, 5) is 3.49. The van der Waals surface area contributed by atoms with Gasteiger partial charge in [-0.1, -0.05) is 20.8 Å². The van der Waals surface area contributed by atoms with E-state index in [1.165, 1.54) is 44.5 Å². The van der Waals surface area contributed by atoms with Gasteiger partial charge in [-0.15, -0.1) is 0 Å². The lowest BCUT2D eigenvalue weighted by Gasteiger charge is -2.37. The van der Waals surface area contributed by atoms with Crippen molar-refractivity contribution in [1.82, 2.24) is 5.32 Å². The van der Waals surface area contributed by atoms with Crippen molar-refractivity contribution >= 4 is 5.84 Å². The highest BCUT2D eigenvalue weighted by atomic mass is 15.1. The fourth-order valence-corrected chi connectivity index (χ4v) is 4.35. The Labute approximate surface area is 98.9 Å². The van der Waals surface area contributed by atoms with E-state index < -0.39 is 0 Å². The Morgan fingerprint density at radius 3 is 2.62 bits per heavy atom. The van der Waals surface area contributed by atoms with Crippen molar-refractivity contribution in [3.63, 3.8) is 0 Å². The Kier molecular flexibility index (Phi) is 2.15. The van der Waals surface area contributed by atoms with Crippen LogP contribution >= 0.6 is 0 Å². The highest BCUT2D eigenvalue weighted by molar-refractivity contribution is 5.77. The summed E-state index contributed by atoms with van der Waals surface area (Å²) in [6, 6.07) is 0.710. The maximum atomic E-state index is 3.81. The van der Waals surface area contributed by atoms with Crippen LogP contribution in [0.1, 0.15) is 52.9 Å². The minimum atomic E-state index is 0.509. The number of amidine groups is 1. The Hall–Kier alpha value is -0.530. The summed E-state index contributed by atoms with van der Waals surface area (Å²) in [7, 11) is 0. The maximum absolute atomic E-state index is 3.81. The lowest BCUT2D eigenvalue weighted by molar-refractivity contribution is -0.449. The minimum Gasteiger partial charge on any atom is -0.279 e. The summed E-state index contributed by atoms with van der Waals surface area (Å²) in [5.41, 5.74) is 1.04. The fraction of sp³-hybridized carbons (Fsp3) is 0.929. The zero-order valence-corrected chi connectivity index (χ0v) is 10.9. The molecule has 0 aromatic rings. The number of hydrogen-bond acceptors (Lipinski definition) is 1.